The molecule has 0 fully saturated rings. The molecule has 0 aliphatic carbocycles. The first-order valence-corrected chi connectivity index (χ1v) is 25.4. The molecule has 0 aliphatic heterocycles. The van der Waals surface area contributed by atoms with Gasteiger partial charge in [0, 0.05) is 12.8 Å². The standard InChI is InChI=1S/C53H97NO5/c1-3-5-7-9-11-13-15-16-17-18-19-20-22-26-29-33-37-41-45-51(56)50(49-55)54-52(57)46-42-38-34-30-27-23-21-24-28-32-36-40-44-48-59-53(58)47-43-39-35-31-25-14-12-10-8-6-4-2/h10,12,23,27,34,38,41,45,50-51,55-56H,3-9,11,13-22,24-26,28-33,35-37,39-40,42-44,46-49H2,1-2H3,(H,54,57)/b12-10-,27-23-,38-34-,45-41+. The van der Waals surface area contributed by atoms with Gasteiger partial charge in [-0.3, -0.25) is 9.59 Å². The maximum atomic E-state index is 12.4. The normalized spacial score (nSPS) is 13.1. The molecule has 344 valence electrons. The van der Waals surface area contributed by atoms with Crippen LogP contribution in [0.3, 0.4) is 0 Å². The van der Waals surface area contributed by atoms with Crippen LogP contribution >= 0.6 is 0 Å². The fraction of sp³-hybridized carbons (Fsp3) is 0.811. The van der Waals surface area contributed by atoms with E-state index in [2.05, 4.69) is 49.5 Å². The summed E-state index contributed by atoms with van der Waals surface area (Å²) in [7, 11) is 0. The predicted octanol–water partition coefficient (Wildman–Crippen LogP) is 15.1. The highest BCUT2D eigenvalue weighted by atomic mass is 16.5. The van der Waals surface area contributed by atoms with Gasteiger partial charge in [0.25, 0.3) is 0 Å². The van der Waals surface area contributed by atoms with Crippen molar-refractivity contribution in [2.45, 2.75) is 264 Å². The largest absolute Gasteiger partial charge is 0.466 e. The van der Waals surface area contributed by atoms with Crippen molar-refractivity contribution in [2.75, 3.05) is 13.2 Å². The van der Waals surface area contributed by atoms with Crippen molar-refractivity contribution in [3.8, 4) is 0 Å². The minimum absolute atomic E-state index is 0.0304. The molecular formula is C53H97NO5. The zero-order valence-electron chi connectivity index (χ0n) is 39.0. The van der Waals surface area contributed by atoms with Gasteiger partial charge in [-0.15, -0.1) is 0 Å². The third kappa shape index (κ3) is 45.2. The molecule has 0 spiro atoms. The molecule has 3 N–H and O–H groups in total. The van der Waals surface area contributed by atoms with Gasteiger partial charge in [0.15, 0.2) is 0 Å². The number of aliphatic hydroxyl groups excluding tert-OH is 2. The van der Waals surface area contributed by atoms with E-state index < -0.39 is 12.1 Å². The zero-order valence-corrected chi connectivity index (χ0v) is 39.0. The molecule has 0 saturated carbocycles. The summed E-state index contributed by atoms with van der Waals surface area (Å²) in [6.07, 6.45) is 59.8. The van der Waals surface area contributed by atoms with Gasteiger partial charge < -0.3 is 20.3 Å². The van der Waals surface area contributed by atoms with Gasteiger partial charge in [-0.25, -0.2) is 0 Å². The van der Waals surface area contributed by atoms with Crippen LogP contribution in [0, 0.1) is 0 Å². The number of allylic oxidation sites excluding steroid dienone is 7. The number of nitrogens with one attached hydrogen (secondary N) is 1. The Bertz CT molecular complexity index is 1000. The van der Waals surface area contributed by atoms with Crippen LogP contribution in [0.5, 0.6) is 0 Å². The van der Waals surface area contributed by atoms with Crippen LogP contribution in [-0.2, 0) is 14.3 Å². The molecule has 0 bridgehead atoms. The lowest BCUT2D eigenvalue weighted by molar-refractivity contribution is -0.143. The summed E-state index contributed by atoms with van der Waals surface area (Å²) >= 11 is 0. The highest BCUT2D eigenvalue weighted by Gasteiger charge is 2.17. The lowest BCUT2D eigenvalue weighted by Gasteiger charge is -2.19. The van der Waals surface area contributed by atoms with Gasteiger partial charge in [-0.2, -0.15) is 0 Å². The fourth-order valence-electron chi connectivity index (χ4n) is 7.37. The molecule has 0 radical (unpaired) electrons. The first kappa shape index (κ1) is 56.8. The average molecular weight is 828 g/mol. The number of hydrogen-bond donors (Lipinski definition) is 3. The molecule has 0 heterocycles. The Morgan fingerprint density at radius 2 is 0.881 bits per heavy atom. The van der Waals surface area contributed by atoms with E-state index in [4.69, 9.17) is 4.74 Å². The number of amides is 1. The Morgan fingerprint density at radius 3 is 1.39 bits per heavy atom. The lowest BCUT2D eigenvalue weighted by atomic mass is 10.0. The van der Waals surface area contributed by atoms with Crippen molar-refractivity contribution in [1.29, 1.82) is 0 Å². The van der Waals surface area contributed by atoms with Crippen LogP contribution in [0.4, 0.5) is 0 Å². The number of unbranched alkanes of at least 4 members (excludes halogenated alkanes) is 29. The van der Waals surface area contributed by atoms with E-state index in [9.17, 15) is 19.8 Å². The molecule has 6 nitrogen and oxygen atoms in total. The van der Waals surface area contributed by atoms with E-state index in [1.54, 1.807) is 6.08 Å². The Kier molecular flexibility index (Phi) is 46.7. The van der Waals surface area contributed by atoms with Crippen molar-refractivity contribution in [3.05, 3.63) is 48.6 Å². The van der Waals surface area contributed by atoms with E-state index in [1.807, 2.05) is 12.2 Å². The second-order valence-corrected chi connectivity index (χ2v) is 17.1. The molecule has 2 atom stereocenters. The predicted molar refractivity (Wildman–Crippen MR) is 255 cm³/mol. The topological polar surface area (TPSA) is 95.9 Å². The van der Waals surface area contributed by atoms with Crippen molar-refractivity contribution in [3.63, 3.8) is 0 Å². The van der Waals surface area contributed by atoms with E-state index in [-0.39, 0.29) is 18.5 Å². The lowest BCUT2D eigenvalue weighted by Crippen LogP contribution is -2.45. The number of esters is 1. The Hall–Kier alpha value is -2.18. The van der Waals surface area contributed by atoms with E-state index in [0.717, 1.165) is 51.4 Å². The molecule has 6 heteroatoms. The van der Waals surface area contributed by atoms with Crippen LogP contribution < -0.4 is 5.32 Å². The zero-order chi connectivity index (χ0) is 43.0. The molecule has 0 aromatic rings. The summed E-state index contributed by atoms with van der Waals surface area (Å²) in [4.78, 5) is 24.4. The summed E-state index contributed by atoms with van der Waals surface area (Å²) in [5, 5.41) is 23.0. The number of carbonyl (C=O) groups excluding carboxylic acids is 2. The molecule has 2 unspecified atom stereocenters. The quantitative estimate of drug-likeness (QED) is 0.0323. The van der Waals surface area contributed by atoms with Crippen molar-refractivity contribution in [1.82, 2.24) is 5.32 Å². The second-order valence-electron chi connectivity index (χ2n) is 17.1. The summed E-state index contributed by atoms with van der Waals surface area (Å²) in [6.45, 7) is 4.79. The second kappa shape index (κ2) is 48.5. The molecule has 0 rings (SSSR count). The number of hydrogen-bond acceptors (Lipinski definition) is 5. The van der Waals surface area contributed by atoms with Gasteiger partial charge >= 0.3 is 5.97 Å². The van der Waals surface area contributed by atoms with E-state index >= 15 is 0 Å². The molecule has 59 heavy (non-hydrogen) atoms. The SMILES string of the molecule is CCCC/C=C\CCCCCCCC(=O)OCCCCCCCC/C=C\C/C=C\CCC(=O)NC(CO)C(O)/C=C/CCCCCCCCCCCCCCCCCC. The highest BCUT2D eigenvalue weighted by Crippen LogP contribution is 2.15. The molecule has 0 aromatic heterocycles. The fourth-order valence-corrected chi connectivity index (χ4v) is 7.37. The highest BCUT2D eigenvalue weighted by molar-refractivity contribution is 5.76. The maximum Gasteiger partial charge on any atom is 0.305 e. The van der Waals surface area contributed by atoms with Gasteiger partial charge in [0.2, 0.25) is 5.91 Å². The summed E-state index contributed by atoms with van der Waals surface area (Å²) in [6, 6.07) is -0.673. The van der Waals surface area contributed by atoms with Crippen LogP contribution in [0.2, 0.25) is 0 Å². The average Bonchev–Trinajstić information content (AvgIpc) is 3.24. The molecule has 0 aromatic carbocycles. The minimum Gasteiger partial charge on any atom is -0.466 e. The summed E-state index contributed by atoms with van der Waals surface area (Å²) < 4.78 is 5.42. The van der Waals surface area contributed by atoms with Gasteiger partial charge in [0.1, 0.15) is 0 Å². The summed E-state index contributed by atoms with van der Waals surface area (Å²) in [5.74, 6) is -0.180. The minimum atomic E-state index is -0.880. The van der Waals surface area contributed by atoms with Crippen LogP contribution in [0.1, 0.15) is 251 Å². The van der Waals surface area contributed by atoms with Crippen LogP contribution in [-0.4, -0.2) is 47.4 Å². The third-order valence-corrected chi connectivity index (χ3v) is 11.3. The Labute approximate surface area is 366 Å². The van der Waals surface area contributed by atoms with Crippen molar-refractivity contribution >= 4 is 11.9 Å². The van der Waals surface area contributed by atoms with Gasteiger partial charge in [-0.05, 0) is 70.6 Å². The van der Waals surface area contributed by atoms with Gasteiger partial charge in [-0.1, -0.05) is 217 Å². The maximum absolute atomic E-state index is 12.4. The third-order valence-electron chi connectivity index (χ3n) is 11.3. The van der Waals surface area contributed by atoms with Crippen molar-refractivity contribution in [2.24, 2.45) is 0 Å². The molecular weight excluding hydrogens is 731 g/mol. The smallest absolute Gasteiger partial charge is 0.305 e. The van der Waals surface area contributed by atoms with E-state index in [1.165, 1.54) is 167 Å². The molecule has 1 amide bonds. The number of aliphatic hydroxyl groups is 2. The van der Waals surface area contributed by atoms with Crippen LogP contribution in [0.15, 0.2) is 48.6 Å². The number of rotatable bonds is 46. The molecule has 0 aliphatic rings. The first-order chi connectivity index (χ1) is 29.0. The summed E-state index contributed by atoms with van der Waals surface area (Å²) in [5.41, 5.74) is 0. The Morgan fingerprint density at radius 1 is 0.475 bits per heavy atom. The van der Waals surface area contributed by atoms with Crippen LogP contribution in [0.25, 0.3) is 0 Å². The van der Waals surface area contributed by atoms with E-state index in [0.29, 0.717) is 25.9 Å². The monoisotopic (exact) mass is 828 g/mol. The molecule has 0 saturated heterocycles. The number of ether oxygens (including phenoxy) is 1. The Balaban J connectivity index is 3.62. The first-order valence-electron chi connectivity index (χ1n) is 25.4. The van der Waals surface area contributed by atoms with Gasteiger partial charge in [0.05, 0.1) is 25.4 Å². The number of carbonyl (C=O) groups is 2. The van der Waals surface area contributed by atoms with Crippen molar-refractivity contribution < 1.29 is 24.5 Å².